The third-order valence-corrected chi connectivity index (χ3v) is 3.36. The Morgan fingerprint density at radius 2 is 2.11 bits per heavy atom. The molecule has 1 saturated heterocycles. The van der Waals surface area contributed by atoms with Crippen molar-refractivity contribution in [1.82, 2.24) is 10.2 Å². The number of carbonyl (C=O) groups is 1. The third kappa shape index (κ3) is 2.77. The Morgan fingerprint density at radius 1 is 1.37 bits per heavy atom. The van der Waals surface area contributed by atoms with Crippen LogP contribution in [0.5, 0.6) is 11.5 Å². The molecule has 2 aliphatic rings. The third-order valence-electron chi connectivity index (χ3n) is 3.36. The van der Waals surface area contributed by atoms with Crippen molar-refractivity contribution < 1.29 is 14.3 Å². The SMILES string of the molecule is CN(Cc1ccc2c(c1)OCO2)C(=O)C1CNC1.Cl. The van der Waals surface area contributed by atoms with Crippen LogP contribution in [0.2, 0.25) is 0 Å². The monoisotopic (exact) mass is 284 g/mol. The lowest BCUT2D eigenvalue weighted by Crippen LogP contribution is -2.50. The highest BCUT2D eigenvalue weighted by molar-refractivity contribution is 5.85. The fourth-order valence-corrected chi connectivity index (χ4v) is 2.17. The summed E-state index contributed by atoms with van der Waals surface area (Å²) >= 11 is 0. The lowest BCUT2D eigenvalue weighted by Gasteiger charge is -2.30. The van der Waals surface area contributed by atoms with Crippen molar-refractivity contribution >= 4 is 18.3 Å². The van der Waals surface area contributed by atoms with Gasteiger partial charge in [0.25, 0.3) is 0 Å². The summed E-state index contributed by atoms with van der Waals surface area (Å²) in [4.78, 5) is 13.8. The van der Waals surface area contributed by atoms with Crippen molar-refractivity contribution in [2.45, 2.75) is 6.54 Å². The summed E-state index contributed by atoms with van der Waals surface area (Å²) in [6.45, 7) is 2.47. The van der Waals surface area contributed by atoms with Crippen LogP contribution < -0.4 is 14.8 Å². The number of benzene rings is 1. The first kappa shape index (κ1) is 14.0. The van der Waals surface area contributed by atoms with E-state index >= 15 is 0 Å². The standard InChI is InChI=1S/C13H16N2O3.ClH/c1-15(13(16)10-5-14-6-10)7-9-2-3-11-12(4-9)18-8-17-11;/h2-4,10,14H,5-8H2,1H3;1H. The van der Waals surface area contributed by atoms with Crippen LogP contribution in [0.1, 0.15) is 5.56 Å². The smallest absolute Gasteiger partial charge is 0.231 e. The van der Waals surface area contributed by atoms with Crippen molar-refractivity contribution in [3.8, 4) is 11.5 Å². The lowest BCUT2D eigenvalue weighted by atomic mass is 10.0. The molecule has 1 aromatic carbocycles. The van der Waals surface area contributed by atoms with Crippen molar-refractivity contribution in [2.75, 3.05) is 26.9 Å². The number of amides is 1. The first-order valence-electron chi connectivity index (χ1n) is 6.08. The Morgan fingerprint density at radius 3 is 2.79 bits per heavy atom. The number of carbonyl (C=O) groups excluding carboxylic acids is 1. The van der Waals surface area contributed by atoms with Crippen LogP contribution in [0.4, 0.5) is 0 Å². The van der Waals surface area contributed by atoms with E-state index in [1.807, 2.05) is 25.2 Å². The summed E-state index contributed by atoms with van der Waals surface area (Å²) in [5.74, 6) is 1.88. The number of nitrogens with zero attached hydrogens (tertiary/aromatic N) is 1. The molecule has 0 aromatic heterocycles. The maximum Gasteiger partial charge on any atom is 0.231 e. The first-order valence-corrected chi connectivity index (χ1v) is 6.08. The molecule has 6 heteroatoms. The number of halogens is 1. The van der Waals surface area contributed by atoms with Crippen LogP contribution in [-0.2, 0) is 11.3 Å². The van der Waals surface area contributed by atoms with Crippen molar-refractivity contribution in [1.29, 1.82) is 0 Å². The quantitative estimate of drug-likeness (QED) is 0.900. The highest BCUT2D eigenvalue weighted by atomic mass is 35.5. The minimum atomic E-state index is 0. The van der Waals surface area contributed by atoms with Gasteiger partial charge in [0.1, 0.15) is 0 Å². The molecule has 5 nitrogen and oxygen atoms in total. The summed E-state index contributed by atoms with van der Waals surface area (Å²) in [5.41, 5.74) is 1.06. The van der Waals surface area contributed by atoms with Crippen LogP contribution in [0, 0.1) is 5.92 Å². The van der Waals surface area contributed by atoms with Gasteiger partial charge in [-0.3, -0.25) is 4.79 Å². The maximum atomic E-state index is 12.0. The molecule has 0 atom stereocenters. The highest BCUT2D eigenvalue weighted by Crippen LogP contribution is 2.32. The molecule has 1 fully saturated rings. The lowest BCUT2D eigenvalue weighted by molar-refractivity contribution is -0.136. The van der Waals surface area contributed by atoms with Crippen LogP contribution in [0.3, 0.4) is 0 Å². The second kappa shape index (κ2) is 5.67. The number of fused-ring (bicyclic) bond motifs is 1. The van der Waals surface area contributed by atoms with Crippen LogP contribution in [-0.4, -0.2) is 37.7 Å². The Kier molecular flexibility index (Phi) is 4.17. The van der Waals surface area contributed by atoms with Gasteiger partial charge in [0, 0.05) is 26.7 Å². The van der Waals surface area contributed by atoms with E-state index in [1.54, 1.807) is 4.90 Å². The molecule has 1 aromatic rings. The molecular formula is C13H17ClN2O3. The van der Waals surface area contributed by atoms with E-state index in [9.17, 15) is 4.79 Å². The summed E-state index contributed by atoms with van der Waals surface area (Å²) in [7, 11) is 1.84. The minimum Gasteiger partial charge on any atom is -0.454 e. The molecule has 104 valence electrons. The molecular weight excluding hydrogens is 268 g/mol. The Balaban J connectivity index is 0.00000133. The molecule has 2 heterocycles. The fourth-order valence-electron chi connectivity index (χ4n) is 2.17. The van der Waals surface area contributed by atoms with Gasteiger partial charge in [0.05, 0.1) is 5.92 Å². The van der Waals surface area contributed by atoms with Crippen LogP contribution >= 0.6 is 12.4 Å². The van der Waals surface area contributed by atoms with E-state index in [0.717, 1.165) is 30.2 Å². The van der Waals surface area contributed by atoms with Gasteiger partial charge in [0.2, 0.25) is 12.7 Å². The van der Waals surface area contributed by atoms with Crippen molar-refractivity contribution in [3.05, 3.63) is 23.8 Å². The Labute approximate surface area is 118 Å². The Bertz CT molecular complexity index is 477. The van der Waals surface area contributed by atoms with Gasteiger partial charge in [-0.1, -0.05) is 6.07 Å². The molecule has 0 saturated carbocycles. The van der Waals surface area contributed by atoms with Gasteiger partial charge in [-0.15, -0.1) is 12.4 Å². The summed E-state index contributed by atoms with van der Waals surface area (Å²) in [6.07, 6.45) is 0. The van der Waals surface area contributed by atoms with Gasteiger partial charge >= 0.3 is 0 Å². The van der Waals surface area contributed by atoms with Crippen molar-refractivity contribution in [3.63, 3.8) is 0 Å². The average molecular weight is 285 g/mol. The zero-order chi connectivity index (χ0) is 12.5. The molecule has 1 amide bonds. The largest absolute Gasteiger partial charge is 0.454 e. The summed E-state index contributed by atoms with van der Waals surface area (Å²) in [5, 5.41) is 3.11. The van der Waals surface area contributed by atoms with E-state index in [-0.39, 0.29) is 31.0 Å². The first-order chi connectivity index (χ1) is 8.74. The molecule has 2 aliphatic heterocycles. The zero-order valence-corrected chi connectivity index (χ0v) is 11.5. The summed E-state index contributed by atoms with van der Waals surface area (Å²) < 4.78 is 10.6. The van der Waals surface area contributed by atoms with E-state index in [4.69, 9.17) is 9.47 Å². The minimum absolute atomic E-state index is 0. The number of hydrogen-bond donors (Lipinski definition) is 1. The second-order valence-corrected chi connectivity index (χ2v) is 4.74. The molecule has 1 N–H and O–H groups in total. The van der Waals surface area contributed by atoms with Crippen LogP contribution in [0.25, 0.3) is 0 Å². The second-order valence-electron chi connectivity index (χ2n) is 4.74. The van der Waals surface area contributed by atoms with Gasteiger partial charge in [0.15, 0.2) is 11.5 Å². The molecule has 19 heavy (non-hydrogen) atoms. The molecule has 0 radical (unpaired) electrons. The van der Waals surface area contributed by atoms with Gasteiger partial charge < -0.3 is 19.7 Å². The average Bonchev–Trinajstić information content (AvgIpc) is 2.73. The molecule has 0 bridgehead atoms. The summed E-state index contributed by atoms with van der Waals surface area (Å²) in [6, 6.07) is 5.79. The van der Waals surface area contributed by atoms with Crippen molar-refractivity contribution in [2.24, 2.45) is 5.92 Å². The molecule has 3 rings (SSSR count). The van der Waals surface area contributed by atoms with E-state index in [2.05, 4.69) is 5.32 Å². The molecule has 0 aliphatic carbocycles. The van der Waals surface area contributed by atoms with Gasteiger partial charge in [-0.25, -0.2) is 0 Å². The van der Waals surface area contributed by atoms with E-state index < -0.39 is 0 Å². The fraction of sp³-hybridized carbons (Fsp3) is 0.462. The maximum absolute atomic E-state index is 12.0. The molecule has 0 unspecified atom stereocenters. The van der Waals surface area contributed by atoms with E-state index in [1.165, 1.54) is 0 Å². The zero-order valence-electron chi connectivity index (χ0n) is 10.7. The number of nitrogens with one attached hydrogen (secondary N) is 1. The topological polar surface area (TPSA) is 50.8 Å². The normalized spacial score (nSPS) is 16.5. The Hall–Kier alpha value is -1.46. The number of ether oxygens (including phenoxy) is 2. The van der Waals surface area contributed by atoms with Gasteiger partial charge in [-0.05, 0) is 17.7 Å². The van der Waals surface area contributed by atoms with Crippen LogP contribution in [0.15, 0.2) is 18.2 Å². The molecule has 0 spiro atoms. The number of rotatable bonds is 3. The van der Waals surface area contributed by atoms with E-state index in [0.29, 0.717) is 6.54 Å². The highest BCUT2D eigenvalue weighted by Gasteiger charge is 2.27. The predicted octanol–water partition coefficient (Wildman–Crippen LogP) is 1.01. The van der Waals surface area contributed by atoms with Gasteiger partial charge in [-0.2, -0.15) is 0 Å². The number of hydrogen-bond acceptors (Lipinski definition) is 4. The predicted molar refractivity (Wildman–Crippen MR) is 72.6 cm³/mol.